The molecule has 1 fully saturated rings. The molecule has 0 radical (unpaired) electrons. The number of hydrogen-bond acceptors (Lipinski definition) is 6. The van der Waals surface area contributed by atoms with Crippen LogP contribution in [0.4, 0.5) is 0 Å². The fraction of sp³-hybridized carbons (Fsp3) is 0.400. The Bertz CT molecular complexity index is 756. The smallest absolute Gasteiger partial charge is 0.337 e. The van der Waals surface area contributed by atoms with E-state index in [1.165, 1.54) is 19.3 Å². The summed E-state index contributed by atoms with van der Waals surface area (Å²) in [6.07, 6.45) is 6.78. The topological polar surface area (TPSA) is 105 Å². The van der Waals surface area contributed by atoms with Crippen molar-refractivity contribution in [2.24, 2.45) is 0 Å². The predicted octanol–water partition coefficient (Wildman–Crippen LogP) is 2.37. The molecular weight excluding hydrogens is 348 g/mol. The van der Waals surface area contributed by atoms with Crippen LogP contribution in [0.15, 0.2) is 30.3 Å². The number of nitrogens with zero attached hydrogens (tertiary/aromatic N) is 1. The van der Waals surface area contributed by atoms with Crippen LogP contribution in [-0.2, 0) is 19.1 Å². The maximum Gasteiger partial charge on any atom is 0.337 e. The number of carbonyl (C=O) groups is 3. The Morgan fingerprint density at radius 2 is 1.85 bits per heavy atom. The molecular formula is C20H22N2O5. The zero-order valence-corrected chi connectivity index (χ0v) is 15.2. The maximum atomic E-state index is 12.0. The van der Waals surface area contributed by atoms with Crippen molar-refractivity contribution in [3.05, 3.63) is 41.5 Å². The molecule has 2 rings (SSSR count). The predicted molar refractivity (Wildman–Crippen MR) is 97.3 cm³/mol. The highest BCUT2D eigenvalue weighted by Gasteiger charge is 2.33. The number of methoxy groups -OCH3 is 1. The van der Waals surface area contributed by atoms with Gasteiger partial charge in [0.15, 0.2) is 6.61 Å². The first-order valence-electron chi connectivity index (χ1n) is 8.73. The van der Waals surface area contributed by atoms with Crippen molar-refractivity contribution < 1.29 is 23.9 Å². The lowest BCUT2D eigenvalue weighted by molar-refractivity contribution is -0.144. The molecule has 0 heterocycles. The van der Waals surface area contributed by atoms with Gasteiger partial charge in [-0.3, -0.25) is 4.79 Å². The van der Waals surface area contributed by atoms with Crippen molar-refractivity contribution in [2.45, 2.75) is 37.6 Å². The van der Waals surface area contributed by atoms with Gasteiger partial charge >= 0.3 is 11.9 Å². The van der Waals surface area contributed by atoms with Crippen molar-refractivity contribution in [3.8, 4) is 6.07 Å². The van der Waals surface area contributed by atoms with Crippen LogP contribution in [0.3, 0.4) is 0 Å². The Morgan fingerprint density at radius 3 is 2.44 bits per heavy atom. The molecule has 0 bridgehead atoms. The molecule has 142 valence electrons. The number of ether oxygens (including phenoxy) is 2. The van der Waals surface area contributed by atoms with Gasteiger partial charge in [0.2, 0.25) is 0 Å². The minimum atomic E-state index is -0.848. The largest absolute Gasteiger partial charge is 0.465 e. The fourth-order valence-electron chi connectivity index (χ4n) is 2.92. The van der Waals surface area contributed by atoms with Crippen LogP contribution in [0, 0.1) is 11.3 Å². The van der Waals surface area contributed by atoms with Crippen LogP contribution >= 0.6 is 0 Å². The summed E-state index contributed by atoms with van der Waals surface area (Å²) >= 11 is 0. The third-order valence-electron chi connectivity index (χ3n) is 4.39. The van der Waals surface area contributed by atoms with E-state index in [2.05, 4.69) is 16.1 Å². The van der Waals surface area contributed by atoms with E-state index in [-0.39, 0.29) is 0 Å². The summed E-state index contributed by atoms with van der Waals surface area (Å²) in [4.78, 5) is 35.1. The van der Waals surface area contributed by atoms with E-state index >= 15 is 0 Å². The van der Waals surface area contributed by atoms with Crippen LogP contribution in [0.1, 0.15) is 48.0 Å². The molecule has 1 saturated carbocycles. The molecule has 1 aliphatic carbocycles. The summed E-state index contributed by atoms with van der Waals surface area (Å²) in [5, 5.41) is 12.0. The first-order chi connectivity index (χ1) is 13.0. The zero-order chi connectivity index (χ0) is 19.7. The van der Waals surface area contributed by atoms with Crippen LogP contribution in [0.5, 0.6) is 0 Å². The molecule has 1 aromatic carbocycles. The van der Waals surface area contributed by atoms with Gasteiger partial charge < -0.3 is 14.8 Å². The van der Waals surface area contributed by atoms with Crippen molar-refractivity contribution >= 4 is 23.9 Å². The van der Waals surface area contributed by atoms with Gasteiger partial charge in [-0.25, -0.2) is 9.59 Å². The summed E-state index contributed by atoms with van der Waals surface area (Å²) in [7, 11) is 1.30. The number of nitrogens with one attached hydrogen (secondary N) is 1. The standard InChI is InChI=1S/C20H22N2O5/c1-26-19(25)16-8-5-15(6-9-16)7-10-18(24)27-13-17(23)22-20(14-21)11-3-2-4-12-20/h5-10H,2-4,11-13H2,1H3,(H,22,23)/b10-7+. The second-order valence-corrected chi connectivity index (χ2v) is 6.36. The lowest BCUT2D eigenvalue weighted by Crippen LogP contribution is -2.49. The second kappa shape index (κ2) is 9.53. The number of carbonyl (C=O) groups excluding carboxylic acids is 3. The molecule has 1 amide bonds. The van der Waals surface area contributed by atoms with Gasteiger partial charge in [-0.1, -0.05) is 31.4 Å². The molecule has 0 aromatic heterocycles. The number of hydrogen-bond donors (Lipinski definition) is 1. The summed E-state index contributed by atoms with van der Waals surface area (Å²) in [6, 6.07) is 8.65. The van der Waals surface area contributed by atoms with Crippen LogP contribution in [0.25, 0.3) is 6.08 Å². The van der Waals surface area contributed by atoms with E-state index < -0.39 is 30.0 Å². The molecule has 0 saturated heterocycles. The van der Waals surface area contributed by atoms with E-state index in [1.807, 2.05) is 0 Å². The lowest BCUT2D eigenvalue weighted by Gasteiger charge is -2.31. The highest BCUT2D eigenvalue weighted by molar-refractivity contribution is 5.91. The van der Waals surface area contributed by atoms with Crippen molar-refractivity contribution in [1.29, 1.82) is 5.26 Å². The van der Waals surface area contributed by atoms with Gasteiger partial charge in [-0.2, -0.15) is 5.26 Å². The Labute approximate surface area is 157 Å². The maximum absolute atomic E-state index is 12.0. The highest BCUT2D eigenvalue weighted by Crippen LogP contribution is 2.27. The summed E-state index contributed by atoms with van der Waals surface area (Å²) < 4.78 is 9.52. The van der Waals surface area contributed by atoms with Crippen LogP contribution < -0.4 is 5.32 Å². The highest BCUT2D eigenvalue weighted by atomic mass is 16.5. The normalized spacial score (nSPS) is 15.6. The Morgan fingerprint density at radius 1 is 1.19 bits per heavy atom. The third kappa shape index (κ3) is 5.96. The number of rotatable bonds is 6. The lowest BCUT2D eigenvalue weighted by atomic mass is 9.83. The fourth-order valence-corrected chi connectivity index (χ4v) is 2.92. The molecule has 0 spiro atoms. The van der Waals surface area contributed by atoms with Crippen molar-refractivity contribution in [2.75, 3.05) is 13.7 Å². The number of esters is 2. The van der Waals surface area contributed by atoms with Crippen molar-refractivity contribution in [3.63, 3.8) is 0 Å². The summed E-state index contributed by atoms with van der Waals surface area (Å²) in [5.41, 5.74) is 0.247. The Kier molecular flexibility index (Phi) is 7.12. The van der Waals surface area contributed by atoms with E-state index in [0.717, 1.165) is 19.3 Å². The summed E-state index contributed by atoms with van der Waals surface area (Å²) in [5.74, 6) is -1.59. The first-order valence-corrected chi connectivity index (χ1v) is 8.73. The van der Waals surface area contributed by atoms with Gasteiger partial charge in [0.25, 0.3) is 5.91 Å². The molecule has 1 aliphatic rings. The molecule has 7 nitrogen and oxygen atoms in total. The van der Waals surface area contributed by atoms with Gasteiger partial charge in [-0.15, -0.1) is 0 Å². The van der Waals surface area contributed by atoms with Crippen LogP contribution in [0.2, 0.25) is 0 Å². The number of nitriles is 1. The monoisotopic (exact) mass is 370 g/mol. The van der Waals surface area contributed by atoms with Crippen molar-refractivity contribution in [1.82, 2.24) is 5.32 Å². The Balaban J connectivity index is 1.81. The van der Waals surface area contributed by atoms with Gasteiger partial charge in [0.05, 0.1) is 18.7 Å². The SMILES string of the molecule is COC(=O)c1ccc(/C=C/C(=O)OCC(=O)NC2(C#N)CCCCC2)cc1. The first kappa shape index (κ1) is 20.2. The van der Waals surface area contributed by atoms with E-state index in [0.29, 0.717) is 24.0 Å². The molecule has 0 atom stereocenters. The number of amides is 1. The van der Waals surface area contributed by atoms with E-state index in [4.69, 9.17) is 4.74 Å². The quantitative estimate of drug-likeness (QED) is 0.609. The van der Waals surface area contributed by atoms with Gasteiger partial charge in [0.1, 0.15) is 5.54 Å². The molecule has 0 unspecified atom stereocenters. The minimum absolute atomic E-state index is 0.406. The van der Waals surface area contributed by atoms with E-state index in [1.54, 1.807) is 24.3 Å². The van der Waals surface area contributed by atoms with E-state index in [9.17, 15) is 19.6 Å². The molecule has 1 N–H and O–H groups in total. The van der Waals surface area contributed by atoms with Gasteiger partial charge in [-0.05, 0) is 36.6 Å². The second-order valence-electron chi connectivity index (χ2n) is 6.36. The average Bonchev–Trinajstić information content (AvgIpc) is 2.71. The Hall–Kier alpha value is -3.14. The average molecular weight is 370 g/mol. The minimum Gasteiger partial charge on any atom is -0.465 e. The molecule has 27 heavy (non-hydrogen) atoms. The number of benzene rings is 1. The zero-order valence-electron chi connectivity index (χ0n) is 15.2. The summed E-state index contributed by atoms with van der Waals surface area (Å²) in [6.45, 7) is -0.437. The van der Waals surface area contributed by atoms with Gasteiger partial charge in [0, 0.05) is 6.08 Å². The van der Waals surface area contributed by atoms with Crippen LogP contribution in [-0.4, -0.2) is 37.1 Å². The third-order valence-corrected chi connectivity index (χ3v) is 4.39. The molecule has 7 heteroatoms. The molecule has 0 aliphatic heterocycles. The molecule has 1 aromatic rings.